The molecule has 0 aliphatic carbocycles. The van der Waals surface area contributed by atoms with E-state index in [1.807, 2.05) is 26.8 Å². The molecule has 0 saturated heterocycles. The van der Waals surface area contributed by atoms with E-state index >= 15 is 0 Å². The Bertz CT molecular complexity index is 1390. The maximum Gasteiger partial charge on any atom is 0.262 e. The Morgan fingerprint density at radius 1 is 0.971 bits per heavy atom. The molecule has 3 aromatic carbocycles. The molecule has 0 unspecified atom stereocenters. The van der Waals surface area contributed by atoms with Gasteiger partial charge in [-0.15, -0.1) is 0 Å². The summed E-state index contributed by atoms with van der Waals surface area (Å²) in [5.41, 5.74) is 3.27. The maximum atomic E-state index is 13.4. The number of fused-ring (bicyclic) bond motifs is 1. The Hall–Kier alpha value is -3.77. The Balaban J connectivity index is 1.64. The van der Waals surface area contributed by atoms with E-state index in [0.29, 0.717) is 39.6 Å². The molecular weight excluding hydrogens is 454 g/mol. The molecule has 7 heteroatoms. The van der Waals surface area contributed by atoms with Gasteiger partial charge in [0.15, 0.2) is 12.4 Å². The predicted molar refractivity (Wildman–Crippen MR) is 134 cm³/mol. The lowest BCUT2D eigenvalue weighted by Crippen LogP contribution is -2.22. The highest BCUT2D eigenvalue weighted by atomic mass is 35.5. The highest BCUT2D eigenvalue weighted by Gasteiger charge is 2.19. The lowest BCUT2D eigenvalue weighted by molar-refractivity contribution is -0.118. The van der Waals surface area contributed by atoms with Crippen molar-refractivity contribution >= 4 is 34.2 Å². The number of amides is 1. The predicted octanol–water partition coefficient (Wildman–Crippen LogP) is 6.15. The van der Waals surface area contributed by atoms with Gasteiger partial charge in [0.2, 0.25) is 11.2 Å². The molecule has 0 aliphatic rings. The number of ether oxygens (including phenoxy) is 2. The summed E-state index contributed by atoms with van der Waals surface area (Å²) in [7, 11) is 0. The molecule has 1 amide bonds. The van der Waals surface area contributed by atoms with Crippen molar-refractivity contribution in [1.29, 1.82) is 0 Å². The van der Waals surface area contributed by atoms with Gasteiger partial charge in [0.05, 0.1) is 12.0 Å². The molecule has 0 bridgehead atoms. The van der Waals surface area contributed by atoms with Crippen molar-refractivity contribution in [3.63, 3.8) is 0 Å². The zero-order valence-electron chi connectivity index (χ0n) is 19.1. The number of benzene rings is 3. The van der Waals surface area contributed by atoms with Crippen LogP contribution < -0.4 is 20.2 Å². The van der Waals surface area contributed by atoms with Crippen molar-refractivity contribution in [2.75, 3.05) is 18.5 Å². The molecule has 0 radical (unpaired) electrons. The highest BCUT2D eigenvalue weighted by molar-refractivity contribution is 6.30. The van der Waals surface area contributed by atoms with Gasteiger partial charge in [-0.2, -0.15) is 0 Å². The Labute approximate surface area is 202 Å². The summed E-state index contributed by atoms with van der Waals surface area (Å²) in [6.45, 7) is 5.97. The fraction of sp³-hybridized carbons (Fsp3) is 0.185. The van der Waals surface area contributed by atoms with Crippen molar-refractivity contribution in [2.45, 2.75) is 20.8 Å². The molecule has 1 heterocycles. The van der Waals surface area contributed by atoms with Crippen molar-refractivity contribution in [2.24, 2.45) is 0 Å². The molecule has 0 fully saturated rings. The van der Waals surface area contributed by atoms with Crippen LogP contribution in [0, 0.1) is 13.8 Å². The van der Waals surface area contributed by atoms with Gasteiger partial charge >= 0.3 is 0 Å². The van der Waals surface area contributed by atoms with E-state index in [0.717, 1.165) is 11.1 Å². The van der Waals surface area contributed by atoms with Crippen LogP contribution in [0.1, 0.15) is 18.1 Å². The first-order valence-corrected chi connectivity index (χ1v) is 11.2. The van der Waals surface area contributed by atoms with Gasteiger partial charge in [0.25, 0.3) is 5.91 Å². The third-order valence-corrected chi connectivity index (χ3v) is 5.62. The summed E-state index contributed by atoms with van der Waals surface area (Å²) in [4.78, 5) is 25.9. The first-order chi connectivity index (χ1) is 16.4. The van der Waals surface area contributed by atoms with Crippen LogP contribution in [-0.2, 0) is 4.79 Å². The minimum absolute atomic E-state index is 0.0279. The van der Waals surface area contributed by atoms with Crippen LogP contribution in [0.4, 0.5) is 5.69 Å². The molecule has 0 saturated carbocycles. The smallest absolute Gasteiger partial charge is 0.262 e. The molecule has 34 heavy (non-hydrogen) atoms. The van der Waals surface area contributed by atoms with E-state index < -0.39 is 5.91 Å². The summed E-state index contributed by atoms with van der Waals surface area (Å²) < 4.78 is 17.3. The van der Waals surface area contributed by atoms with E-state index in [9.17, 15) is 9.59 Å². The van der Waals surface area contributed by atoms with Crippen LogP contribution in [0.15, 0.2) is 69.9 Å². The van der Waals surface area contributed by atoms with Crippen molar-refractivity contribution in [1.82, 2.24) is 0 Å². The fourth-order valence-electron chi connectivity index (χ4n) is 3.49. The molecule has 1 aromatic heterocycles. The van der Waals surface area contributed by atoms with Crippen molar-refractivity contribution in [3.8, 4) is 22.8 Å². The van der Waals surface area contributed by atoms with Gasteiger partial charge in [-0.05, 0) is 92.6 Å². The topological polar surface area (TPSA) is 77.8 Å². The fourth-order valence-corrected chi connectivity index (χ4v) is 3.62. The molecule has 1 N–H and O–H groups in total. The van der Waals surface area contributed by atoms with E-state index in [4.69, 9.17) is 25.5 Å². The van der Waals surface area contributed by atoms with Crippen LogP contribution in [-0.4, -0.2) is 19.1 Å². The number of rotatable bonds is 7. The lowest BCUT2D eigenvalue weighted by Gasteiger charge is -2.13. The zero-order chi connectivity index (χ0) is 24.2. The van der Waals surface area contributed by atoms with Gasteiger partial charge in [-0.3, -0.25) is 9.59 Å². The number of halogens is 1. The summed E-state index contributed by atoms with van der Waals surface area (Å²) in [6.07, 6.45) is 0. The second kappa shape index (κ2) is 10.0. The summed E-state index contributed by atoms with van der Waals surface area (Å²) in [5, 5.41) is 3.69. The number of hydrogen-bond acceptors (Lipinski definition) is 5. The first kappa shape index (κ1) is 23.4. The van der Waals surface area contributed by atoms with Gasteiger partial charge in [-0.25, -0.2) is 0 Å². The Morgan fingerprint density at radius 2 is 1.65 bits per heavy atom. The van der Waals surface area contributed by atoms with Crippen molar-refractivity contribution in [3.05, 3.63) is 87.0 Å². The second-order valence-electron chi connectivity index (χ2n) is 7.82. The molecule has 4 rings (SSSR count). The summed E-state index contributed by atoms with van der Waals surface area (Å²) >= 11 is 6.03. The second-order valence-corrected chi connectivity index (χ2v) is 8.26. The van der Waals surface area contributed by atoms with Crippen molar-refractivity contribution < 1.29 is 18.7 Å². The van der Waals surface area contributed by atoms with E-state index in [1.165, 1.54) is 0 Å². The lowest BCUT2D eigenvalue weighted by atomic mass is 10.0. The molecule has 0 spiro atoms. The minimum Gasteiger partial charge on any atom is -0.494 e. The standard InChI is InChI=1S/C27H24ClNO5/c1-4-32-21-11-9-20(10-12-21)29-24(30)15-33-27-25(31)22-13-16(2)17(3)14-23(22)34-26(27)18-5-7-19(28)8-6-18/h5-14H,4,15H2,1-3H3,(H,29,30). The minimum atomic E-state index is -0.411. The molecule has 6 nitrogen and oxygen atoms in total. The number of carbonyl (C=O) groups is 1. The van der Waals surface area contributed by atoms with Crippen LogP contribution in [0.2, 0.25) is 5.02 Å². The SMILES string of the molecule is CCOc1ccc(NC(=O)COc2c(-c3ccc(Cl)cc3)oc3cc(C)c(C)cc3c2=O)cc1. The molecule has 4 aromatic rings. The molecule has 0 aliphatic heterocycles. The average molecular weight is 478 g/mol. The van der Waals surface area contributed by atoms with Crippen LogP contribution in [0.25, 0.3) is 22.3 Å². The number of nitrogens with one attached hydrogen (secondary N) is 1. The average Bonchev–Trinajstić information content (AvgIpc) is 2.82. The van der Waals surface area contributed by atoms with Gasteiger partial charge in [0, 0.05) is 16.3 Å². The number of carbonyl (C=O) groups excluding carboxylic acids is 1. The van der Waals surface area contributed by atoms with E-state index in [1.54, 1.807) is 54.6 Å². The molecular formula is C27H24ClNO5. The molecule has 174 valence electrons. The largest absolute Gasteiger partial charge is 0.494 e. The Kier molecular flexibility index (Phi) is 6.89. The normalized spacial score (nSPS) is 10.8. The summed E-state index contributed by atoms with van der Waals surface area (Å²) in [5.74, 6) is 0.515. The van der Waals surface area contributed by atoms with E-state index in [2.05, 4.69) is 5.32 Å². The highest BCUT2D eigenvalue weighted by Crippen LogP contribution is 2.32. The third kappa shape index (κ3) is 5.07. The Morgan fingerprint density at radius 3 is 2.32 bits per heavy atom. The van der Waals surface area contributed by atoms with Crippen LogP contribution in [0.5, 0.6) is 11.5 Å². The number of aryl methyl sites for hydroxylation is 2. The quantitative estimate of drug-likeness (QED) is 0.345. The number of hydrogen-bond donors (Lipinski definition) is 1. The molecule has 0 atom stereocenters. The zero-order valence-corrected chi connectivity index (χ0v) is 19.9. The van der Waals surface area contributed by atoms with E-state index in [-0.39, 0.29) is 23.5 Å². The summed E-state index contributed by atoms with van der Waals surface area (Å²) in [6, 6.07) is 17.5. The van der Waals surface area contributed by atoms with Gasteiger partial charge < -0.3 is 19.2 Å². The first-order valence-electron chi connectivity index (χ1n) is 10.8. The monoisotopic (exact) mass is 477 g/mol. The van der Waals surface area contributed by atoms with Gasteiger partial charge in [-0.1, -0.05) is 11.6 Å². The maximum absolute atomic E-state index is 13.4. The van der Waals surface area contributed by atoms with Crippen LogP contribution in [0.3, 0.4) is 0 Å². The van der Waals surface area contributed by atoms with Crippen LogP contribution >= 0.6 is 11.6 Å². The van der Waals surface area contributed by atoms with Gasteiger partial charge in [0.1, 0.15) is 11.3 Å². The number of anilines is 1. The third-order valence-electron chi connectivity index (χ3n) is 5.37.